The Bertz CT molecular complexity index is 838. The number of nitrogens with zero attached hydrogens (tertiary/aromatic N) is 1. The van der Waals surface area contributed by atoms with E-state index in [1.54, 1.807) is 24.3 Å². The van der Waals surface area contributed by atoms with E-state index in [-0.39, 0.29) is 10.0 Å². The molecule has 98 valence electrons. The maximum absolute atomic E-state index is 12.1. The number of fused-ring (bicyclic) bond motifs is 1. The van der Waals surface area contributed by atoms with Crippen molar-refractivity contribution in [1.82, 2.24) is 5.16 Å². The second-order valence-electron chi connectivity index (χ2n) is 3.69. The Hall–Kier alpha value is -1.57. The average Bonchev–Trinajstić information content (AvgIpc) is 2.97. The third-order valence-corrected chi connectivity index (χ3v) is 5.48. The van der Waals surface area contributed by atoms with Gasteiger partial charge in [0.1, 0.15) is 4.21 Å². The number of hydrogen-bond acceptors (Lipinski definition) is 5. The Morgan fingerprint density at radius 2 is 2.00 bits per heavy atom. The molecule has 19 heavy (non-hydrogen) atoms. The fraction of sp³-hybridized carbons (Fsp3) is 0. The van der Waals surface area contributed by atoms with Crippen molar-refractivity contribution < 1.29 is 12.9 Å². The van der Waals surface area contributed by atoms with Crippen LogP contribution in [-0.4, -0.2) is 13.6 Å². The molecule has 0 unspecified atom stereocenters. The molecule has 0 radical (unpaired) electrons. The SMILES string of the molecule is O=S(=O)(Nc1noc2ccccc12)c1ccc(Cl)s1. The summed E-state index contributed by atoms with van der Waals surface area (Å²) in [6, 6.07) is 9.97. The molecule has 0 bridgehead atoms. The van der Waals surface area contributed by atoms with Crippen molar-refractivity contribution in [3.63, 3.8) is 0 Å². The average molecular weight is 315 g/mol. The number of hydrogen-bond donors (Lipinski definition) is 1. The predicted molar refractivity (Wildman–Crippen MR) is 74.1 cm³/mol. The van der Waals surface area contributed by atoms with Crippen LogP contribution in [0.4, 0.5) is 5.82 Å². The minimum absolute atomic E-state index is 0.129. The van der Waals surface area contributed by atoms with E-state index >= 15 is 0 Å². The molecule has 3 aromatic rings. The number of sulfonamides is 1. The first-order valence-corrected chi connectivity index (χ1v) is 7.86. The summed E-state index contributed by atoms with van der Waals surface area (Å²) in [6.45, 7) is 0. The smallest absolute Gasteiger partial charge is 0.272 e. The lowest BCUT2D eigenvalue weighted by atomic mass is 10.2. The van der Waals surface area contributed by atoms with Crippen LogP contribution in [0.15, 0.2) is 45.1 Å². The van der Waals surface area contributed by atoms with Gasteiger partial charge in [-0.25, -0.2) is 8.42 Å². The number of aromatic nitrogens is 1. The first kappa shape index (κ1) is 12.5. The Kier molecular flexibility index (Phi) is 2.96. The molecule has 0 saturated heterocycles. The summed E-state index contributed by atoms with van der Waals surface area (Å²) >= 11 is 6.71. The molecule has 0 saturated carbocycles. The van der Waals surface area contributed by atoms with E-state index in [9.17, 15) is 8.42 Å². The maximum atomic E-state index is 12.1. The van der Waals surface area contributed by atoms with Crippen LogP contribution in [0, 0.1) is 0 Å². The quantitative estimate of drug-likeness (QED) is 0.804. The van der Waals surface area contributed by atoms with Gasteiger partial charge in [0, 0.05) is 0 Å². The number of nitrogens with one attached hydrogen (secondary N) is 1. The van der Waals surface area contributed by atoms with Crippen LogP contribution < -0.4 is 4.72 Å². The van der Waals surface area contributed by atoms with E-state index in [1.807, 2.05) is 0 Å². The Morgan fingerprint density at radius 1 is 1.21 bits per heavy atom. The van der Waals surface area contributed by atoms with Crippen molar-refractivity contribution in [2.24, 2.45) is 0 Å². The number of rotatable bonds is 3. The number of benzene rings is 1. The third-order valence-electron chi connectivity index (χ3n) is 2.42. The van der Waals surface area contributed by atoms with Crippen molar-refractivity contribution in [2.45, 2.75) is 4.21 Å². The van der Waals surface area contributed by atoms with E-state index in [1.165, 1.54) is 12.1 Å². The molecule has 0 atom stereocenters. The highest BCUT2D eigenvalue weighted by atomic mass is 35.5. The van der Waals surface area contributed by atoms with E-state index in [2.05, 4.69) is 9.88 Å². The third kappa shape index (κ3) is 2.32. The zero-order valence-electron chi connectivity index (χ0n) is 9.33. The second kappa shape index (κ2) is 4.52. The fourth-order valence-corrected chi connectivity index (χ4v) is 4.08. The molecule has 0 spiro atoms. The monoisotopic (exact) mass is 314 g/mol. The van der Waals surface area contributed by atoms with Gasteiger partial charge in [-0.15, -0.1) is 11.3 Å². The normalized spacial score (nSPS) is 11.8. The van der Waals surface area contributed by atoms with Gasteiger partial charge in [0.2, 0.25) is 0 Å². The fourth-order valence-electron chi connectivity index (χ4n) is 1.58. The van der Waals surface area contributed by atoms with Crippen LogP contribution in [0.1, 0.15) is 0 Å². The Morgan fingerprint density at radius 3 is 2.74 bits per heavy atom. The van der Waals surface area contributed by atoms with E-state index in [0.717, 1.165) is 11.3 Å². The first-order chi connectivity index (χ1) is 9.06. The summed E-state index contributed by atoms with van der Waals surface area (Å²) in [5, 5.41) is 4.32. The highest BCUT2D eigenvalue weighted by Crippen LogP contribution is 2.29. The minimum atomic E-state index is -3.69. The van der Waals surface area contributed by atoms with Crippen LogP contribution in [0.25, 0.3) is 11.0 Å². The van der Waals surface area contributed by atoms with Crippen molar-refractivity contribution >= 4 is 49.7 Å². The molecule has 5 nitrogen and oxygen atoms in total. The Labute approximate surface area is 117 Å². The highest BCUT2D eigenvalue weighted by Gasteiger charge is 2.20. The maximum Gasteiger partial charge on any atom is 0.272 e. The highest BCUT2D eigenvalue weighted by molar-refractivity contribution is 7.94. The Balaban J connectivity index is 2.01. The standard InChI is InChI=1S/C11H7ClN2O3S2/c12-9-5-6-10(18-9)19(15,16)14-11-7-3-1-2-4-8(7)17-13-11/h1-6H,(H,13,14). The summed E-state index contributed by atoms with van der Waals surface area (Å²) in [6.07, 6.45) is 0. The van der Waals surface area contributed by atoms with E-state index < -0.39 is 10.0 Å². The molecule has 0 amide bonds. The number of anilines is 1. The molecule has 2 heterocycles. The summed E-state index contributed by atoms with van der Waals surface area (Å²) in [5.41, 5.74) is 0.518. The van der Waals surface area contributed by atoms with Gasteiger partial charge in [0.25, 0.3) is 10.0 Å². The van der Waals surface area contributed by atoms with Crippen molar-refractivity contribution in [3.05, 3.63) is 40.7 Å². The van der Waals surface area contributed by atoms with Crippen molar-refractivity contribution in [3.8, 4) is 0 Å². The minimum Gasteiger partial charge on any atom is -0.354 e. The molecule has 1 aromatic carbocycles. The number of halogens is 1. The zero-order chi connectivity index (χ0) is 13.5. The van der Waals surface area contributed by atoms with Crippen molar-refractivity contribution in [2.75, 3.05) is 4.72 Å². The van der Waals surface area contributed by atoms with Gasteiger partial charge in [-0.05, 0) is 24.3 Å². The van der Waals surface area contributed by atoms with Gasteiger partial charge in [0.05, 0.1) is 9.72 Å². The van der Waals surface area contributed by atoms with Crippen LogP contribution in [-0.2, 0) is 10.0 Å². The molecule has 1 N–H and O–H groups in total. The molecular formula is C11H7ClN2O3S2. The lowest BCUT2D eigenvalue weighted by Crippen LogP contribution is -2.11. The second-order valence-corrected chi connectivity index (χ2v) is 7.32. The number of thiophene rings is 1. The molecular weight excluding hydrogens is 308 g/mol. The van der Waals surface area contributed by atoms with Crippen molar-refractivity contribution in [1.29, 1.82) is 0 Å². The molecule has 0 aliphatic carbocycles. The predicted octanol–water partition coefficient (Wildman–Crippen LogP) is 3.34. The summed E-state index contributed by atoms with van der Waals surface area (Å²) < 4.78 is 32.2. The molecule has 0 fully saturated rings. The van der Waals surface area contributed by atoms with Gasteiger partial charge < -0.3 is 4.52 Å². The molecule has 0 aliphatic rings. The largest absolute Gasteiger partial charge is 0.354 e. The van der Waals surface area contributed by atoms with Crippen LogP contribution in [0.3, 0.4) is 0 Å². The van der Waals surface area contributed by atoms with Gasteiger partial charge in [-0.3, -0.25) is 4.72 Å². The van der Waals surface area contributed by atoms with Gasteiger partial charge in [-0.2, -0.15) is 0 Å². The summed E-state index contributed by atoms with van der Waals surface area (Å²) in [7, 11) is -3.69. The van der Waals surface area contributed by atoms with Crippen LogP contribution in [0.5, 0.6) is 0 Å². The lowest BCUT2D eigenvalue weighted by molar-refractivity contribution is 0.460. The summed E-state index contributed by atoms with van der Waals surface area (Å²) in [4.78, 5) is 0. The topological polar surface area (TPSA) is 72.2 Å². The lowest BCUT2D eigenvalue weighted by Gasteiger charge is -2.01. The zero-order valence-corrected chi connectivity index (χ0v) is 11.7. The van der Waals surface area contributed by atoms with Crippen LogP contribution >= 0.6 is 22.9 Å². The summed E-state index contributed by atoms with van der Waals surface area (Å²) in [5.74, 6) is 0.167. The molecule has 2 aromatic heterocycles. The van der Waals surface area contributed by atoms with Gasteiger partial charge in [0.15, 0.2) is 11.4 Å². The van der Waals surface area contributed by atoms with Gasteiger partial charge in [-0.1, -0.05) is 28.9 Å². The first-order valence-electron chi connectivity index (χ1n) is 5.19. The van der Waals surface area contributed by atoms with E-state index in [4.69, 9.17) is 16.1 Å². The molecule has 8 heteroatoms. The molecule has 0 aliphatic heterocycles. The number of para-hydroxylation sites is 1. The van der Waals surface area contributed by atoms with Gasteiger partial charge >= 0.3 is 0 Å². The van der Waals surface area contributed by atoms with E-state index in [0.29, 0.717) is 15.3 Å². The molecule has 3 rings (SSSR count). The van der Waals surface area contributed by atoms with Crippen LogP contribution in [0.2, 0.25) is 4.34 Å².